The monoisotopic (exact) mass is 437 g/mol. The second kappa shape index (κ2) is 8.90. The quantitative estimate of drug-likeness (QED) is 0.441. The number of carbonyl (C=O) groups is 1. The van der Waals surface area contributed by atoms with E-state index in [1.54, 1.807) is 29.1 Å². The zero-order chi connectivity index (χ0) is 22.8. The maximum absolute atomic E-state index is 14.0. The number of aryl methyl sites for hydroxylation is 2. The van der Waals surface area contributed by atoms with Crippen LogP contribution < -0.4 is 5.32 Å². The molecule has 2 aromatic carbocycles. The van der Waals surface area contributed by atoms with Crippen molar-refractivity contribution in [1.29, 1.82) is 0 Å². The highest BCUT2D eigenvalue weighted by molar-refractivity contribution is 5.91. The van der Waals surface area contributed by atoms with E-state index in [-0.39, 0.29) is 35.9 Å². The number of aromatic nitrogens is 4. The molecule has 0 radical (unpaired) electrons. The van der Waals surface area contributed by atoms with Gasteiger partial charge in [0.05, 0.1) is 6.04 Å². The number of H-pyrrole nitrogens is 1. The minimum Gasteiger partial charge on any atom is -0.354 e. The number of rotatable bonds is 7. The minimum absolute atomic E-state index is 0.124. The number of fused-ring (bicyclic) bond motifs is 1. The van der Waals surface area contributed by atoms with Crippen LogP contribution in [0.15, 0.2) is 48.8 Å². The largest absolute Gasteiger partial charge is 0.354 e. The van der Waals surface area contributed by atoms with E-state index >= 15 is 0 Å². The average Bonchev–Trinajstić information content (AvgIpc) is 3.34. The van der Waals surface area contributed by atoms with E-state index in [2.05, 4.69) is 20.5 Å². The number of nitrogens with one attached hydrogen (secondary N) is 2. The summed E-state index contributed by atoms with van der Waals surface area (Å²) in [4.78, 5) is 16.1. The van der Waals surface area contributed by atoms with Crippen LogP contribution in [0.5, 0.6) is 0 Å². The molecule has 0 aliphatic rings. The Labute approximate surface area is 184 Å². The van der Waals surface area contributed by atoms with E-state index in [4.69, 9.17) is 0 Å². The highest BCUT2D eigenvalue weighted by atomic mass is 19.1. The second-order valence-corrected chi connectivity index (χ2v) is 8.26. The van der Waals surface area contributed by atoms with E-state index < -0.39 is 0 Å². The lowest BCUT2D eigenvalue weighted by Gasteiger charge is -2.21. The fraction of sp³-hybridized carbons (Fsp3) is 0.292. The van der Waals surface area contributed by atoms with Crippen LogP contribution in [0, 0.1) is 17.6 Å². The zero-order valence-electron chi connectivity index (χ0n) is 18.2. The number of benzene rings is 2. The van der Waals surface area contributed by atoms with Gasteiger partial charge in [0.25, 0.3) is 0 Å². The molecule has 0 aliphatic heterocycles. The molecule has 2 heterocycles. The Kier molecular flexibility index (Phi) is 6.03. The summed E-state index contributed by atoms with van der Waals surface area (Å²) < 4.78 is 29.2. The first-order valence-corrected chi connectivity index (χ1v) is 10.5. The third kappa shape index (κ3) is 4.39. The van der Waals surface area contributed by atoms with Crippen molar-refractivity contribution >= 4 is 16.8 Å². The van der Waals surface area contributed by atoms with E-state index in [9.17, 15) is 13.6 Å². The van der Waals surface area contributed by atoms with Crippen molar-refractivity contribution in [3.8, 4) is 11.3 Å². The first kappa shape index (κ1) is 21.7. The van der Waals surface area contributed by atoms with Crippen LogP contribution >= 0.6 is 0 Å². The van der Waals surface area contributed by atoms with E-state index in [0.717, 1.165) is 22.3 Å². The van der Waals surface area contributed by atoms with Crippen LogP contribution in [-0.4, -0.2) is 25.7 Å². The van der Waals surface area contributed by atoms with Crippen LogP contribution in [0.25, 0.3) is 22.2 Å². The summed E-state index contributed by atoms with van der Waals surface area (Å²) in [5, 5.41) is 11.8. The third-order valence-electron chi connectivity index (χ3n) is 5.61. The summed E-state index contributed by atoms with van der Waals surface area (Å²) in [6.07, 6.45) is 2.21. The molecule has 0 spiro atoms. The molecule has 0 saturated heterocycles. The molecule has 0 fully saturated rings. The summed E-state index contributed by atoms with van der Waals surface area (Å²) in [5.41, 5.74) is 3.12. The van der Waals surface area contributed by atoms with Crippen LogP contribution in [-0.2, 0) is 18.3 Å². The van der Waals surface area contributed by atoms with Gasteiger partial charge in [-0.25, -0.2) is 8.78 Å². The highest BCUT2D eigenvalue weighted by Crippen LogP contribution is 2.32. The Hall–Kier alpha value is -3.55. The van der Waals surface area contributed by atoms with Gasteiger partial charge in [0.1, 0.15) is 18.0 Å². The lowest BCUT2D eigenvalue weighted by Crippen LogP contribution is -2.33. The summed E-state index contributed by atoms with van der Waals surface area (Å²) in [5.74, 6) is -0.00816. The zero-order valence-corrected chi connectivity index (χ0v) is 18.2. The molecule has 8 heteroatoms. The number of nitrogens with zero attached hydrogens (tertiary/aromatic N) is 3. The summed E-state index contributed by atoms with van der Waals surface area (Å²) >= 11 is 0. The first-order chi connectivity index (χ1) is 15.3. The third-order valence-corrected chi connectivity index (χ3v) is 5.61. The number of hydrogen-bond donors (Lipinski definition) is 2. The summed E-state index contributed by atoms with van der Waals surface area (Å²) in [6, 6.07) is 10.3. The van der Waals surface area contributed by atoms with Gasteiger partial charge in [-0.1, -0.05) is 13.8 Å². The molecule has 1 atom stereocenters. The van der Waals surface area contributed by atoms with Crippen molar-refractivity contribution < 1.29 is 13.6 Å². The number of carbonyl (C=O) groups excluding carboxylic acids is 1. The van der Waals surface area contributed by atoms with Gasteiger partial charge < -0.3 is 14.9 Å². The maximum Gasteiger partial charge on any atom is 0.220 e. The molecule has 6 nitrogen and oxygen atoms in total. The van der Waals surface area contributed by atoms with E-state index in [0.29, 0.717) is 17.6 Å². The molecule has 1 unspecified atom stereocenters. The molecule has 4 aromatic rings. The molecule has 4 rings (SSSR count). The smallest absolute Gasteiger partial charge is 0.220 e. The number of hydrogen-bond acceptors (Lipinski definition) is 3. The normalized spacial score (nSPS) is 12.4. The predicted molar refractivity (Wildman–Crippen MR) is 119 cm³/mol. The molecule has 166 valence electrons. The Morgan fingerprint density at radius 2 is 1.84 bits per heavy atom. The molecular formula is C24H25F2N5O. The molecular weight excluding hydrogens is 412 g/mol. The SMILES string of the molecule is CC(C)C(NC(=O)CCc1c(-c2ccc(F)cc2)[nH]c2ccc(F)cc12)c1nncn1C. The van der Waals surface area contributed by atoms with Gasteiger partial charge >= 0.3 is 0 Å². The van der Waals surface area contributed by atoms with Gasteiger partial charge in [-0.2, -0.15) is 0 Å². The lowest BCUT2D eigenvalue weighted by atomic mass is 10.00. The van der Waals surface area contributed by atoms with Crippen LogP contribution in [0.4, 0.5) is 8.78 Å². The molecule has 0 aliphatic carbocycles. The van der Waals surface area contributed by atoms with E-state index in [1.807, 2.05) is 20.9 Å². The Morgan fingerprint density at radius 1 is 1.12 bits per heavy atom. The predicted octanol–water partition coefficient (Wildman–Crippen LogP) is 4.69. The van der Waals surface area contributed by atoms with Gasteiger partial charge in [-0.05, 0) is 65.9 Å². The first-order valence-electron chi connectivity index (χ1n) is 10.5. The molecule has 2 N–H and O–H groups in total. The Morgan fingerprint density at radius 3 is 2.50 bits per heavy atom. The topological polar surface area (TPSA) is 75.6 Å². The van der Waals surface area contributed by atoms with Crippen molar-refractivity contribution in [1.82, 2.24) is 25.1 Å². The van der Waals surface area contributed by atoms with Crippen molar-refractivity contribution in [2.75, 3.05) is 0 Å². The van der Waals surface area contributed by atoms with E-state index in [1.165, 1.54) is 24.3 Å². The van der Waals surface area contributed by atoms with Crippen molar-refractivity contribution in [2.45, 2.75) is 32.7 Å². The second-order valence-electron chi connectivity index (χ2n) is 8.26. The van der Waals surface area contributed by atoms with Gasteiger partial charge in [-0.15, -0.1) is 10.2 Å². The van der Waals surface area contributed by atoms with Crippen LogP contribution in [0.2, 0.25) is 0 Å². The van der Waals surface area contributed by atoms with Gasteiger partial charge in [-0.3, -0.25) is 4.79 Å². The van der Waals surface area contributed by atoms with Crippen molar-refractivity contribution in [2.24, 2.45) is 13.0 Å². The molecule has 32 heavy (non-hydrogen) atoms. The average molecular weight is 437 g/mol. The van der Waals surface area contributed by atoms with Gasteiger partial charge in [0.2, 0.25) is 5.91 Å². The van der Waals surface area contributed by atoms with Crippen LogP contribution in [0.3, 0.4) is 0 Å². The number of amides is 1. The standard InChI is InChI=1S/C24H25F2N5O/c1-14(2)22(24-30-27-13-31(24)3)29-21(32)11-9-18-19-12-17(26)8-10-20(19)28-23(18)15-4-6-16(25)7-5-15/h4-8,10,12-14,22,28H,9,11H2,1-3H3,(H,29,32). The van der Waals surface area contributed by atoms with Gasteiger partial charge in [0, 0.05) is 30.1 Å². The highest BCUT2D eigenvalue weighted by Gasteiger charge is 2.23. The summed E-state index contributed by atoms with van der Waals surface area (Å²) in [6.45, 7) is 4.02. The number of aromatic amines is 1. The number of halogens is 2. The van der Waals surface area contributed by atoms with Gasteiger partial charge in [0.15, 0.2) is 5.82 Å². The molecule has 0 bridgehead atoms. The molecule has 1 amide bonds. The Bertz CT molecular complexity index is 1240. The summed E-state index contributed by atoms with van der Waals surface area (Å²) in [7, 11) is 1.84. The Balaban J connectivity index is 1.60. The van der Waals surface area contributed by atoms with Crippen LogP contribution in [0.1, 0.15) is 37.7 Å². The van der Waals surface area contributed by atoms with Crippen molar-refractivity contribution in [3.05, 3.63) is 71.8 Å². The minimum atomic E-state index is -0.352. The maximum atomic E-state index is 14.0. The lowest BCUT2D eigenvalue weighted by molar-refractivity contribution is -0.122. The fourth-order valence-electron chi connectivity index (χ4n) is 3.93. The van der Waals surface area contributed by atoms with Crippen molar-refractivity contribution in [3.63, 3.8) is 0 Å². The fourth-order valence-corrected chi connectivity index (χ4v) is 3.93. The molecule has 2 aromatic heterocycles. The molecule has 0 saturated carbocycles.